The van der Waals surface area contributed by atoms with E-state index in [0.717, 1.165) is 24.8 Å². The molecule has 0 aromatic rings. The molecule has 1 atom stereocenters. The van der Waals surface area contributed by atoms with E-state index in [1.807, 2.05) is 6.92 Å². The van der Waals surface area contributed by atoms with Gasteiger partial charge in [-0.25, -0.2) is 0 Å². The van der Waals surface area contributed by atoms with Crippen LogP contribution in [0.15, 0.2) is 12.2 Å². The van der Waals surface area contributed by atoms with Crippen LogP contribution in [-0.2, 0) is 4.79 Å². The van der Waals surface area contributed by atoms with Crippen molar-refractivity contribution >= 4 is 6.41 Å². The predicted molar refractivity (Wildman–Crippen MR) is 47.3 cm³/mol. The Kier molecular flexibility index (Phi) is 4.59. The van der Waals surface area contributed by atoms with Crippen molar-refractivity contribution in [3.63, 3.8) is 0 Å². The molecule has 0 aromatic heterocycles. The molecule has 2 nitrogen and oxygen atoms in total. The molecule has 0 aliphatic heterocycles. The van der Waals surface area contributed by atoms with E-state index in [2.05, 4.69) is 13.5 Å². The van der Waals surface area contributed by atoms with E-state index in [9.17, 15) is 4.79 Å². The fraction of sp³-hybridized carbons (Fsp3) is 0.667. The summed E-state index contributed by atoms with van der Waals surface area (Å²) in [5, 5.41) is 0. The van der Waals surface area contributed by atoms with Gasteiger partial charge in [0.15, 0.2) is 0 Å². The summed E-state index contributed by atoms with van der Waals surface area (Å²) in [6.45, 7) is 8.02. The third-order valence-corrected chi connectivity index (χ3v) is 1.94. The van der Waals surface area contributed by atoms with Gasteiger partial charge in [-0.1, -0.05) is 25.5 Å². The fourth-order valence-electron chi connectivity index (χ4n) is 0.909. The molecule has 0 N–H and O–H groups in total. The van der Waals surface area contributed by atoms with Crippen molar-refractivity contribution in [1.82, 2.24) is 4.90 Å². The van der Waals surface area contributed by atoms with Gasteiger partial charge in [0.1, 0.15) is 0 Å². The maximum absolute atomic E-state index is 10.3. The maximum Gasteiger partial charge on any atom is 0.209 e. The van der Waals surface area contributed by atoms with Crippen LogP contribution in [0.5, 0.6) is 0 Å². The van der Waals surface area contributed by atoms with E-state index in [1.165, 1.54) is 0 Å². The summed E-state index contributed by atoms with van der Waals surface area (Å²) >= 11 is 0. The molecule has 1 amide bonds. The van der Waals surface area contributed by atoms with Gasteiger partial charge in [-0.3, -0.25) is 4.79 Å². The van der Waals surface area contributed by atoms with Crippen molar-refractivity contribution in [2.24, 2.45) is 0 Å². The fourth-order valence-corrected chi connectivity index (χ4v) is 0.909. The van der Waals surface area contributed by atoms with E-state index in [1.54, 1.807) is 11.9 Å². The first-order valence-electron chi connectivity index (χ1n) is 3.98. The van der Waals surface area contributed by atoms with Gasteiger partial charge in [0, 0.05) is 13.1 Å². The van der Waals surface area contributed by atoms with E-state index < -0.39 is 0 Å². The maximum atomic E-state index is 10.3. The Hall–Kier alpha value is -0.790. The molecule has 0 radical (unpaired) electrons. The molecule has 11 heavy (non-hydrogen) atoms. The molecule has 0 spiro atoms. The highest BCUT2D eigenvalue weighted by atomic mass is 16.1. The molecule has 0 fully saturated rings. The van der Waals surface area contributed by atoms with Gasteiger partial charge in [0.25, 0.3) is 0 Å². The zero-order chi connectivity index (χ0) is 8.85. The van der Waals surface area contributed by atoms with Crippen LogP contribution in [0.1, 0.15) is 26.7 Å². The first kappa shape index (κ1) is 10.2. The van der Waals surface area contributed by atoms with Gasteiger partial charge in [0.2, 0.25) is 6.41 Å². The molecule has 2 heteroatoms. The zero-order valence-electron chi connectivity index (χ0n) is 7.63. The second-order valence-electron chi connectivity index (χ2n) is 2.86. The Morgan fingerprint density at radius 3 is 2.64 bits per heavy atom. The van der Waals surface area contributed by atoms with E-state index in [4.69, 9.17) is 0 Å². The van der Waals surface area contributed by atoms with Crippen LogP contribution in [0.25, 0.3) is 0 Å². The molecule has 0 heterocycles. The number of hydrogen-bond acceptors (Lipinski definition) is 1. The van der Waals surface area contributed by atoms with E-state index in [-0.39, 0.29) is 6.04 Å². The van der Waals surface area contributed by atoms with Crippen molar-refractivity contribution in [3.8, 4) is 0 Å². The smallest absolute Gasteiger partial charge is 0.209 e. The lowest BCUT2D eigenvalue weighted by Gasteiger charge is -2.22. The van der Waals surface area contributed by atoms with Gasteiger partial charge in [-0.2, -0.15) is 0 Å². The second kappa shape index (κ2) is 4.94. The Morgan fingerprint density at radius 2 is 2.27 bits per heavy atom. The summed E-state index contributed by atoms with van der Waals surface area (Å²) in [5.74, 6) is 0. The minimum atomic E-state index is 0.174. The summed E-state index contributed by atoms with van der Waals surface area (Å²) in [5.41, 5.74) is 1.13. The van der Waals surface area contributed by atoms with Crippen molar-refractivity contribution in [2.45, 2.75) is 32.7 Å². The Bertz CT molecular complexity index is 142. The lowest BCUT2D eigenvalue weighted by Crippen LogP contribution is -2.28. The molecule has 0 saturated carbocycles. The first-order chi connectivity index (χ1) is 5.13. The molecular weight excluding hydrogens is 138 g/mol. The molecule has 0 aromatic carbocycles. The molecule has 0 saturated heterocycles. The Balaban J connectivity index is 3.90. The normalized spacial score (nSPS) is 12.3. The average Bonchev–Trinajstić information content (AvgIpc) is 2.02. The number of hydrogen-bond donors (Lipinski definition) is 0. The molecule has 1 unspecified atom stereocenters. The summed E-state index contributed by atoms with van der Waals surface area (Å²) < 4.78 is 0. The highest BCUT2D eigenvalue weighted by molar-refractivity contribution is 5.48. The summed E-state index contributed by atoms with van der Waals surface area (Å²) in [7, 11) is 1.78. The number of carbonyl (C=O) groups is 1. The van der Waals surface area contributed by atoms with Crippen molar-refractivity contribution in [3.05, 3.63) is 12.2 Å². The van der Waals surface area contributed by atoms with Crippen LogP contribution in [0, 0.1) is 0 Å². The molecule has 0 rings (SSSR count). The lowest BCUT2D eigenvalue weighted by molar-refractivity contribution is -0.118. The quantitative estimate of drug-likeness (QED) is 0.438. The average molecular weight is 155 g/mol. The Morgan fingerprint density at radius 1 is 1.73 bits per heavy atom. The highest BCUT2D eigenvalue weighted by Crippen LogP contribution is 2.10. The molecule has 0 aliphatic rings. The van der Waals surface area contributed by atoms with Gasteiger partial charge in [-0.15, -0.1) is 0 Å². The SMILES string of the molecule is C=C(CCC)C(C)N(C)C=O. The summed E-state index contributed by atoms with van der Waals surface area (Å²) in [4.78, 5) is 12.0. The Labute approximate surface area is 68.9 Å². The molecule has 0 bridgehead atoms. The van der Waals surface area contributed by atoms with E-state index in [0.29, 0.717) is 0 Å². The van der Waals surface area contributed by atoms with Crippen molar-refractivity contribution in [2.75, 3.05) is 7.05 Å². The third-order valence-electron chi connectivity index (χ3n) is 1.94. The third kappa shape index (κ3) is 3.21. The summed E-state index contributed by atoms with van der Waals surface area (Å²) in [6, 6.07) is 0.174. The number of likely N-dealkylation sites (N-methyl/N-ethyl adjacent to an activating group) is 1. The summed E-state index contributed by atoms with van der Waals surface area (Å²) in [6.07, 6.45) is 2.93. The van der Waals surface area contributed by atoms with Gasteiger partial charge in [0.05, 0.1) is 0 Å². The topological polar surface area (TPSA) is 20.3 Å². The van der Waals surface area contributed by atoms with Crippen LogP contribution in [0.3, 0.4) is 0 Å². The van der Waals surface area contributed by atoms with E-state index >= 15 is 0 Å². The van der Waals surface area contributed by atoms with Gasteiger partial charge >= 0.3 is 0 Å². The monoisotopic (exact) mass is 155 g/mol. The van der Waals surface area contributed by atoms with Crippen LogP contribution in [0.4, 0.5) is 0 Å². The minimum Gasteiger partial charge on any atom is -0.342 e. The molecular formula is C9H17NO. The number of amides is 1. The largest absolute Gasteiger partial charge is 0.342 e. The van der Waals surface area contributed by atoms with Crippen LogP contribution < -0.4 is 0 Å². The number of rotatable bonds is 5. The number of carbonyl (C=O) groups excluding carboxylic acids is 1. The predicted octanol–water partition coefficient (Wildman–Crippen LogP) is 1.82. The standard InChI is InChI=1S/C9H17NO/c1-5-6-8(2)9(3)10(4)7-11/h7,9H,2,5-6H2,1,3-4H3. The lowest BCUT2D eigenvalue weighted by atomic mass is 10.1. The van der Waals surface area contributed by atoms with Gasteiger partial charge in [-0.05, 0) is 13.3 Å². The van der Waals surface area contributed by atoms with Crippen LogP contribution in [-0.4, -0.2) is 24.4 Å². The van der Waals surface area contributed by atoms with Crippen LogP contribution >= 0.6 is 0 Å². The first-order valence-corrected chi connectivity index (χ1v) is 3.98. The highest BCUT2D eigenvalue weighted by Gasteiger charge is 2.08. The molecule has 64 valence electrons. The van der Waals surface area contributed by atoms with Gasteiger partial charge < -0.3 is 4.90 Å². The second-order valence-corrected chi connectivity index (χ2v) is 2.86. The van der Waals surface area contributed by atoms with Crippen molar-refractivity contribution in [1.29, 1.82) is 0 Å². The minimum absolute atomic E-state index is 0.174. The van der Waals surface area contributed by atoms with Crippen molar-refractivity contribution < 1.29 is 4.79 Å². The van der Waals surface area contributed by atoms with Crippen LogP contribution in [0.2, 0.25) is 0 Å². The number of nitrogens with zero attached hydrogens (tertiary/aromatic N) is 1. The zero-order valence-corrected chi connectivity index (χ0v) is 7.63. The molecule has 0 aliphatic carbocycles.